The first-order valence-corrected chi connectivity index (χ1v) is 4.71. The Bertz CT molecular complexity index is 258. The molecule has 1 rings (SSSR count). The van der Waals surface area contributed by atoms with E-state index >= 15 is 0 Å². The van der Waals surface area contributed by atoms with Crippen molar-refractivity contribution in [3.8, 4) is 5.75 Å². The normalized spacial score (nSPS) is 9.92. The average Bonchev–Trinajstić information content (AvgIpc) is 2.03. The second-order valence-corrected chi connectivity index (χ2v) is 3.53. The largest absolute Gasteiger partial charge is 0.493 e. The molecule has 1 nitrogen and oxygen atoms in total. The second kappa shape index (κ2) is 4.51. The molecular formula is C10H12BrO. The summed E-state index contributed by atoms with van der Waals surface area (Å²) in [7, 11) is 0. The first-order valence-electron chi connectivity index (χ1n) is 3.92. The fourth-order valence-electron chi connectivity index (χ4n) is 0.957. The maximum atomic E-state index is 5.46. The van der Waals surface area contributed by atoms with E-state index < -0.39 is 0 Å². The van der Waals surface area contributed by atoms with E-state index in [1.807, 2.05) is 25.1 Å². The second-order valence-electron chi connectivity index (χ2n) is 2.61. The highest BCUT2D eigenvalue weighted by atomic mass is 79.9. The lowest BCUT2D eigenvalue weighted by atomic mass is 10.2. The molecule has 0 spiro atoms. The molecule has 0 amide bonds. The van der Waals surface area contributed by atoms with Crippen LogP contribution in [0.1, 0.15) is 12.0 Å². The van der Waals surface area contributed by atoms with Crippen molar-refractivity contribution in [3.05, 3.63) is 35.2 Å². The van der Waals surface area contributed by atoms with E-state index in [1.54, 1.807) is 0 Å². The van der Waals surface area contributed by atoms with Gasteiger partial charge in [0.2, 0.25) is 0 Å². The topological polar surface area (TPSA) is 9.23 Å². The van der Waals surface area contributed by atoms with E-state index in [0.29, 0.717) is 6.61 Å². The summed E-state index contributed by atoms with van der Waals surface area (Å²) in [6, 6.07) is 5.99. The summed E-state index contributed by atoms with van der Waals surface area (Å²) in [6.45, 7) is 6.43. The smallest absolute Gasteiger partial charge is 0.122 e. The maximum absolute atomic E-state index is 5.46. The molecule has 0 aromatic heterocycles. The minimum Gasteiger partial charge on any atom is -0.493 e. The Kier molecular flexibility index (Phi) is 3.60. The Morgan fingerprint density at radius 3 is 2.83 bits per heavy atom. The fraction of sp³-hybridized carbons (Fsp3) is 0.300. The first-order chi connectivity index (χ1) is 5.74. The summed E-state index contributed by atoms with van der Waals surface area (Å²) in [5, 5.41) is 0. The van der Waals surface area contributed by atoms with Crippen LogP contribution in [-0.2, 0) is 0 Å². The van der Waals surface area contributed by atoms with E-state index in [1.165, 1.54) is 0 Å². The van der Waals surface area contributed by atoms with Crippen LogP contribution in [0.15, 0.2) is 22.7 Å². The third-order valence-electron chi connectivity index (χ3n) is 1.54. The van der Waals surface area contributed by atoms with Crippen molar-refractivity contribution in [2.45, 2.75) is 13.3 Å². The van der Waals surface area contributed by atoms with Gasteiger partial charge >= 0.3 is 0 Å². The van der Waals surface area contributed by atoms with Crippen LogP contribution in [0, 0.1) is 13.8 Å². The zero-order valence-electron chi connectivity index (χ0n) is 7.14. The molecule has 1 aromatic rings. The minimum absolute atomic E-state index is 0.683. The summed E-state index contributed by atoms with van der Waals surface area (Å²) < 4.78 is 6.54. The predicted molar refractivity (Wildman–Crippen MR) is 54.3 cm³/mol. The number of rotatable bonds is 3. The van der Waals surface area contributed by atoms with Gasteiger partial charge < -0.3 is 4.74 Å². The number of halogens is 1. The average molecular weight is 228 g/mol. The number of benzene rings is 1. The predicted octanol–water partition coefficient (Wildman–Crippen LogP) is 3.36. The van der Waals surface area contributed by atoms with Gasteiger partial charge in [0.15, 0.2) is 0 Å². The van der Waals surface area contributed by atoms with E-state index in [4.69, 9.17) is 4.74 Å². The first kappa shape index (κ1) is 9.59. The van der Waals surface area contributed by atoms with Gasteiger partial charge in [-0.15, -0.1) is 0 Å². The molecule has 0 saturated carbocycles. The maximum Gasteiger partial charge on any atom is 0.122 e. The van der Waals surface area contributed by atoms with Crippen LogP contribution in [0.3, 0.4) is 0 Å². The molecule has 0 unspecified atom stereocenters. The molecule has 1 aromatic carbocycles. The van der Waals surface area contributed by atoms with Gasteiger partial charge in [0.05, 0.1) is 6.61 Å². The van der Waals surface area contributed by atoms with Gasteiger partial charge in [0.25, 0.3) is 0 Å². The van der Waals surface area contributed by atoms with Crippen molar-refractivity contribution >= 4 is 15.9 Å². The highest BCUT2D eigenvalue weighted by Crippen LogP contribution is 2.21. The molecule has 0 bridgehead atoms. The van der Waals surface area contributed by atoms with E-state index in [0.717, 1.165) is 22.2 Å². The molecule has 12 heavy (non-hydrogen) atoms. The highest BCUT2D eigenvalue weighted by molar-refractivity contribution is 9.10. The standard InChI is InChI=1S/C10H12BrO/c1-3-6-12-10-5-4-9(11)7-8(10)2/h4-5,7H,1,3,6H2,2H3. The van der Waals surface area contributed by atoms with Crippen LogP contribution in [0.2, 0.25) is 0 Å². The molecule has 0 heterocycles. The number of aryl methyl sites for hydroxylation is 1. The van der Waals surface area contributed by atoms with Crippen LogP contribution >= 0.6 is 15.9 Å². The zero-order valence-corrected chi connectivity index (χ0v) is 8.73. The van der Waals surface area contributed by atoms with Crippen LogP contribution < -0.4 is 4.74 Å². The summed E-state index contributed by atoms with van der Waals surface area (Å²) in [4.78, 5) is 0. The number of ether oxygens (including phenoxy) is 1. The van der Waals surface area contributed by atoms with Gasteiger partial charge in [0.1, 0.15) is 5.75 Å². The fourth-order valence-corrected chi connectivity index (χ4v) is 1.43. The molecule has 1 radical (unpaired) electrons. The monoisotopic (exact) mass is 227 g/mol. The van der Waals surface area contributed by atoms with Gasteiger partial charge in [-0.05, 0) is 44.0 Å². The minimum atomic E-state index is 0.683. The van der Waals surface area contributed by atoms with Gasteiger partial charge in [-0.3, -0.25) is 0 Å². The van der Waals surface area contributed by atoms with Crippen molar-refractivity contribution in [2.24, 2.45) is 0 Å². The molecule has 0 N–H and O–H groups in total. The van der Waals surface area contributed by atoms with E-state index in [-0.39, 0.29) is 0 Å². The third kappa shape index (κ3) is 2.52. The molecule has 2 heteroatoms. The molecule has 0 atom stereocenters. The van der Waals surface area contributed by atoms with Crippen LogP contribution in [0.4, 0.5) is 0 Å². The molecular weight excluding hydrogens is 216 g/mol. The van der Waals surface area contributed by atoms with Crippen LogP contribution in [0.25, 0.3) is 0 Å². The van der Waals surface area contributed by atoms with Crippen molar-refractivity contribution in [2.75, 3.05) is 6.61 Å². The lowest BCUT2D eigenvalue weighted by Crippen LogP contribution is -1.96. The molecule has 0 saturated heterocycles. The summed E-state index contributed by atoms with van der Waals surface area (Å²) in [5.74, 6) is 0.946. The van der Waals surface area contributed by atoms with Crippen molar-refractivity contribution < 1.29 is 4.74 Å². The van der Waals surface area contributed by atoms with Gasteiger partial charge in [0, 0.05) is 4.47 Å². The Morgan fingerprint density at radius 2 is 2.25 bits per heavy atom. The Morgan fingerprint density at radius 1 is 1.50 bits per heavy atom. The lowest BCUT2D eigenvalue weighted by Gasteiger charge is -2.07. The van der Waals surface area contributed by atoms with E-state index in [2.05, 4.69) is 22.9 Å². The summed E-state index contributed by atoms with van der Waals surface area (Å²) in [6.07, 6.45) is 0.801. The van der Waals surface area contributed by atoms with Crippen LogP contribution in [-0.4, -0.2) is 6.61 Å². The quantitative estimate of drug-likeness (QED) is 0.770. The van der Waals surface area contributed by atoms with E-state index in [9.17, 15) is 0 Å². The molecule has 0 aliphatic heterocycles. The molecule has 0 fully saturated rings. The summed E-state index contributed by atoms with van der Waals surface area (Å²) >= 11 is 3.40. The van der Waals surface area contributed by atoms with Crippen molar-refractivity contribution in [1.82, 2.24) is 0 Å². The zero-order chi connectivity index (χ0) is 8.97. The lowest BCUT2D eigenvalue weighted by molar-refractivity contribution is 0.322. The van der Waals surface area contributed by atoms with Gasteiger partial charge in [-0.1, -0.05) is 15.9 Å². The Labute approximate surface area is 81.9 Å². The van der Waals surface area contributed by atoms with Crippen molar-refractivity contribution in [1.29, 1.82) is 0 Å². The third-order valence-corrected chi connectivity index (χ3v) is 2.03. The highest BCUT2D eigenvalue weighted by Gasteiger charge is 1.98. The number of hydrogen-bond donors (Lipinski definition) is 0. The molecule has 0 aliphatic carbocycles. The van der Waals surface area contributed by atoms with Crippen molar-refractivity contribution in [3.63, 3.8) is 0 Å². The Hall–Kier alpha value is -0.500. The molecule has 65 valence electrons. The SMILES string of the molecule is [CH2]CCOc1ccc(Br)cc1C. The Balaban J connectivity index is 2.72. The van der Waals surface area contributed by atoms with Gasteiger partial charge in [-0.2, -0.15) is 0 Å². The molecule has 0 aliphatic rings. The number of hydrogen-bond acceptors (Lipinski definition) is 1. The summed E-state index contributed by atoms with van der Waals surface area (Å²) in [5.41, 5.74) is 1.15. The van der Waals surface area contributed by atoms with Gasteiger partial charge in [-0.25, -0.2) is 0 Å². The van der Waals surface area contributed by atoms with Crippen LogP contribution in [0.5, 0.6) is 5.75 Å².